The maximum atomic E-state index is 11.0. The van der Waals surface area contributed by atoms with Gasteiger partial charge in [0.05, 0.1) is 12.5 Å². The number of nitrogens with zero attached hydrogens (tertiary/aromatic N) is 1. The van der Waals surface area contributed by atoms with Crippen molar-refractivity contribution < 1.29 is 13.5 Å². The van der Waals surface area contributed by atoms with E-state index in [1.54, 1.807) is 0 Å². The summed E-state index contributed by atoms with van der Waals surface area (Å²) in [6.07, 6.45) is 2.33. The largest absolute Gasteiger partial charge is 0.336 e. The SMILES string of the molecule is CC([O])S(=O)(=O)c1cnc[nH]1. The van der Waals surface area contributed by atoms with Gasteiger partial charge in [-0.3, -0.25) is 0 Å². The summed E-state index contributed by atoms with van der Waals surface area (Å²) in [7, 11) is -3.71. The summed E-state index contributed by atoms with van der Waals surface area (Å²) in [5.74, 6) is 0. The minimum atomic E-state index is -3.71. The highest BCUT2D eigenvalue weighted by molar-refractivity contribution is 7.91. The van der Waals surface area contributed by atoms with E-state index in [1.165, 1.54) is 6.33 Å². The summed E-state index contributed by atoms with van der Waals surface area (Å²) in [6, 6.07) is 0. The number of rotatable bonds is 2. The van der Waals surface area contributed by atoms with Gasteiger partial charge in [-0.25, -0.2) is 18.5 Å². The van der Waals surface area contributed by atoms with Crippen molar-refractivity contribution in [3.8, 4) is 0 Å². The molecule has 1 atom stereocenters. The Morgan fingerprint density at radius 2 is 2.27 bits per heavy atom. The molecule has 0 spiro atoms. The van der Waals surface area contributed by atoms with Crippen molar-refractivity contribution in [3.05, 3.63) is 12.5 Å². The van der Waals surface area contributed by atoms with Gasteiger partial charge in [-0.15, -0.1) is 0 Å². The van der Waals surface area contributed by atoms with Gasteiger partial charge < -0.3 is 4.98 Å². The quantitative estimate of drug-likeness (QED) is 0.684. The zero-order chi connectivity index (χ0) is 8.48. The first kappa shape index (κ1) is 8.22. The lowest BCUT2D eigenvalue weighted by molar-refractivity contribution is 0.170. The molecule has 1 rings (SSSR count). The first-order valence-corrected chi connectivity index (χ1v) is 4.48. The van der Waals surface area contributed by atoms with Crippen molar-refractivity contribution in [2.45, 2.75) is 17.4 Å². The average molecular weight is 175 g/mol. The highest BCUT2D eigenvalue weighted by Crippen LogP contribution is 2.09. The number of hydrogen-bond acceptors (Lipinski definition) is 3. The van der Waals surface area contributed by atoms with Crippen LogP contribution in [0.15, 0.2) is 17.6 Å². The van der Waals surface area contributed by atoms with Gasteiger partial charge in [0.15, 0.2) is 10.5 Å². The van der Waals surface area contributed by atoms with Gasteiger partial charge in [-0.1, -0.05) is 0 Å². The van der Waals surface area contributed by atoms with Crippen LogP contribution in [0.2, 0.25) is 0 Å². The molecule has 1 unspecified atom stereocenters. The zero-order valence-corrected chi connectivity index (χ0v) is 6.63. The molecule has 5 nitrogen and oxygen atoms in total. The van der Waals surface area contributed by atoms with Crippen LogP contribution in [0, 0.1) is 0 Å². The van der Waals surface area contributed by atoms with E-state index in [-0.39, 0.29) is 5.03 Å². The third-order valence-electron chi connectivity index (χ3n) is 1.22. The third-order valence-corrected chi connectivity index (χ3v) is 2.93. The van der Waals surface area contributed by atoms with Gasteiger partial charge in [0, 0.05) is 0 Å². The lowest BCUT2D eigenvalue weighted by atomic mass is 10.9. The molecule has 0 aromatic carbocycles. The molecule has 0 fully saturated rings. The summed E-state index contributed by atoms with van der Waals surface area (Å²) in [5, 5.41) is 10.5. The van der Waals surface area contributed by atoms with E-state index in [2.05, 4.69) is 9.97 Å². The maximum Gasteiger partial charge on any atom is 0.224 e. The molecule has 1 aromatic rings. The standard InChI is InChI=1S/C5H7N2O3S/c1-4(8)11(9,10)5-2-6-3-7-5/h2-4H,1H3,(H,6,7). The van der Waals surface area contributed by atoms with Crippen molar-refractivity contribution in [1.29, 1.82) is 0 Å². The molecule has 0 saturated carbocycles. The summed E-state index contributed by atoms with van der Waals surface area (Å²) in [6.45, 7) is 1.08. The van der Waals surface area contributed by atoms with E-state index < -0.39 is 15.3 Å². The van der Waals surface area contributed by atoms with Crippen LogP contribution in [0.25, 0.3) is 0 Å². The molecule has 1 heterocycles. The van der Waals surface area contributed by atoms with Gasteiger partial charge in [0.25, 0.3) is 0 Å². The molecule has 0 aliphatic heterocycles. The second kappa shape index (κ2) is 2.63. The molecule has 6 heteroatoms. The zero-order valence-electron chi connectivity index (χ0n) is 5.81. The number of imidazole rings is 1. The Balaban J connectivity index is 3.12. The minimum Gasteiger partial charge on any atom is -0.336 e. The molecule has 0 bridgehead atoms. The second-order valence-corrected chi connectivity index (χ2v) is 4.22. The van der Waals surface area contributed by atoms with E-state index in [0.29, 0.717) is 0 Å². The molecule has 0 aliphatic carbocycles. The van der Waals surface area contributed by atoms with Gasteiger partial charge >= 0.3 is 0 Å². The summed E-state index contributed by atoms with van der Waals surface area (Å²) in [4.78, 5) is 5.86. The fourth-order valence-corrected chi connectivity index (χ4v) is 1.36. The highest BCUT2D eigenvalue weighted by Gasteiger charge is 2.23. The molecule has 1 N–H and O–H groups in total. The Kier molecular flexibility index (Phi) is 1.97. The molecule has 1 radical (unpaired) electrons. The summed E-state index contributed by atoms with van der Waals surface area (Å²) >= 11 is 0. The van der Waals surface area contributed by atoms with Crippen molar-refractivity contribution in [2.75, 3.05) is 0 Å². The average Bonchev–Trinajstić information content (AvgIpc) is 2.37. The van der Waals surface area contributed by atoms with Crippen LogP contribution in [0.4, 0.5) is 0 Å². The van der Waals surface area contributed by atoms with Gasteiger partial charge in [0.2, 0.25) is 9.84 Å². The predicted molar refractivity (Wildman–Crippen MR) is 35.9 cm³/mol. The van der Waals surface area contributed by atoms with Crippen LogP contribution < -0.4 is 0 Å². The third kappa shape index (κ3) is 1.41. The Labute approximate surface area is 64.0 Å². The normalized spacial score (nSPS) is 14.7. The number of aromatic amines is 1. The minimum absolute atomic E-state index is 0.125. The van der Waals surface area contributed by atoms with Crippen LogP contribution in [0.1, 0.15) is 6.92 Å². The summed E-state index contributed by atoms with van der Waals surface area (Å²) < 4.78 is 22.0. The monoisotopic (exact) mass is 175 g/mol. The van der Waals surface area contributed by atoms with E-state index in [0.717, 1.165) is 13.1 Å². The van der Waals surface area contributed by atoms with E-state index in [4.69, 9.17) is 0 Å². The number of hydrogen-bond donors (Lipinski definition) is 1. The smallest absolute Gasteiger partial charge is 0.224 e. The molecule has 0 aliphatic rings. The molecule has 1 aromatic heterocycles. The molecule has 0 amide bonds. The maximum absolute atomic E-state index is 11.0. The van der Waals surface area contributed by atoms with E-state index in [1.807, 2.05) is 0 Å². The molecular weight excluding hydrogens is 168 g/mol. The Morgan fingerprint density at radius 1 is 1.64 bits per heavy atom. The molecule has 11 heavy (non-hydrogen) atoms. The number of sulfone groups is 1. The fourth-order valence-electron chi connectivity index (χ4n) is 0.578. The van der Waals surface area contributed by atoms with Gasteiger partial charge in [0.1, 0.15) is 0 Å². The van der Waals surface area contributed by atoms with Crippen LogP contribution in [0.5, 0.6) is 0 Å². The first-order valence-electron chi connectivity index (χ1n) is 2.93. The summed E-state index contributed by atoms with van der Waals surface area (Å²) in [5.41, 5.74) is -1.65. The van der Waals surface area contributed by atoms with Crippen molar-refractivity contribution in [2.24, 2.45) is 0 Å². The van der Waals surface area contributed by atoms with Gasteiger partial charge in [-0.05, 0) is 6.92 Å². The lowest BCUT2D eigenvalue weighted by Crippen LogP contribution is -2.15. The Hall–Kier alpha value is -0.880. The van der Waals surface area contributed by atoms with Crippen LogP contribution in [-0.4, -0.2) is 23.8 Å². The first-order chi connectivity index (χ1) is 5.05. The van der Waals surface area contributed by atoms with Crippen LogP contribution in [0.3, 0.4) is 0 Å². The van der Waals surface area contributed by atoms with Crippen molar-refractivity contribution in [3.63, 3.8) is 0 Å². The van der Waals surface area contributed by atoms with Crippen LogP contribution in [-0.2, 0) is 14.9 Å². The fraction of sp³-hybridized carbons (Fsp3) is 0.400. The molecule has 61 valence electrons. The predicted octanol–water partition coefficient (Wildman–Crippen LogP) is -0.0401. The molecule has 0 saturated heterocycles. The number of nitrogens with one attached hydrogen (secondary N) is 1. The van der Waals surface area contributed by atoms with Crippen molar-refractivity contribution >= 4 is 9.84 Å². The second-order valence-electron chi connectivity index (χ2n) is 2.03. The number of H-pyrrole nitrogens is 1. The Bertz CT molecular complexity index is 314. The highest BCUT2D eigenvalue weighted by atomic mass is 32.2. The lowest BCUT2D eigenvalue weighted by Gasteiger charge is -1.99. The van der Waals surface area contributed by atoms with Crippen molar-refractivity contribution in [1.82, 2.24) is 9.97 Å². The van der Waals surface area contributed by atoms with Crippen LogP contribution >= 0.6 is 0 Å². The number of aromatic nitrogens is 2. The topological polar surface area (TPSA) is 82.7 Å². The Morgan fingerprint density at radius 3 is 2.64 bits per heavy atom. The van der Waals surface area contributed by atoms with E-state index >= 15 is 0 Å². The molecular formula is C5H7N2O3S. The van der Waals surface area contributed by atoms with E-state index in [9.17, 15) is 13.5 Å². The van der Waals surface area contributed by atoms with Gasteiger partial charge in [-0.2, -0.15) is 0 Å².